The number of hydrogen-bond donors (Lipinski definition) is 2. The second-order valence-electron chi connectivity index (χ2n) is 2.41. The van der Waals surface area contributed by atoms with Crippen LogP contribution in [0.3, 0.4) is 0 Å². The van der Waals surface area contributed by atoms with Crippen LogP contribution in [0.4, 0.5) is 13.2 Å². The average molecular weight is 211 g/mol. The van der Waals surface area contributed by atoms with Crippen molar-refractivity contribution in [3.05, 3.63) is 12.2 Å². The molecule has 0 aliphatic carbocycles. The lowest BCUT2D eigenvalue weighted by atomic mass is 10.2. The van der Waals surface area contributed by atoms with E-state index < -0.39 is 24.6 Å². The molecular formula is C7H8F3NO3. The minimum atomic E-state index is -4.94. The topological polar surface area (TPSA) is 66.4 Å². The molecule has 0 spiro atoms. The molecule has 4 nitrogen and oxygen atoms in total. The number of rotatable bonds is 4. The van der Waals surface area contributed by atoms with Gasteiger partial charge in [0.1, 0.15) is 0 Å². The highest BCUT2D eigenvalue weighted by molar-refractivity contribution is 5.86. The lowest BCUT2D eigenvalue weighted by molar-refractivity contribution is -0.173. The standard InChI is InChI=1S/C7H8F3NO3/c1-4(5(12)13)2-3-11-6(14)7(8,9)10/h1-3H2,(H,11,14)(H,12,13). The largest absolute Gasteiger partial charge is 0.478 e. The molecular weight excluding hydrogens is 203 g/mol. The van der Waals surface area contributed by atoms with E-state index in [1.54, 1.807) is 0 Å². The molecule has 0 aromatic rings. The molecule has 0 aliphatic heterocycles. The van der Waals surface area contributed by atoms with Gasteiger partial charge in [0.15, 0.2) is 0 Å². The molecule has 14 heavy (non-hydrogen) atoms. The van der Waals surface area contributed by atoms with Crippen LogP contribution in [0.1, 0.15) is 6.42 Å². The Labute approximate surface area is 77.4 Å². The van der Waals surface area contributed by atoms with Crippen molar-refractivity contribution in [1.29, 1.82) is 0 Å². The fourth-order valence-electron chi connectivity index (χ4n) is 0.534. The first-order chi connectivity index (χ1) is 6.25. The molecule has 0 bridgehead atoms. The van der Waals surface area contributed by atoms with Crippen LogP contribution in [0.25, 0.3) is 0 Å². The van der Waals surface area contributed by atoms with Gasteiger partial charge in [-0.2, -0.15) is 13.2 Å². The summed E-state index contributed by atoms with van der Waals surface area (Å²) in [4.78, 5) is 20.3. The van der Waals surface area contributed by atoms with Gasteiger partial charge in [0.25, 0.3) is 0 Å². The van der Waals surface area contributed by atoms with E-state index in [0.717, 1.165) is 0 Å². The van der Waals surface area contributed by atoms with Gasteiger partial charge in [-0.3, -0.25) is 4.79 Å². The summed E-state index contributed by atoms with van der Waals surface area (Å²) in [5, 5.41) is 9.79. The van der Waals surface area contributed by atoms with Gasteiger partial charge in [-0.1, -0.05) is 6.58 Å². The monoisotopic (exact) mass is 211 g/mol. The van der Waals surface area contributed by atoms with Crippen LogP contribution >= 0.6 is 0 Å². The number of carboxylic acids is 1. The Bertz CT molecular complexity index is 259. The van der Waals surface area contributed by atoms with Crippen molar-refractivity contribution in [2.75, 3.05) is 6.54 Å². The number of hydrogen-bond acceptors (Lipinski definition) is 2. The minimum absolute atomic E-state index is 0.225. The van der Waals surface area contributed by atoms with Gasteiger partial charge in [0.05, 0.1) is 0 Å². The molecule has 1 amide bonds. The second kappa shape index (κ2) is 4.64. The van der Waals surface area contributed by atoms with E-state index in [4.69, 9.17) is 5.11 Å². The number of halogens is 3. The molecule has 0 fully saturated rings. The third-order valence-corrected chi connectivity index (χ3v) is 1.27. The minimum Gasteiger partial charge on any atom is -0.478 e. The summed E-state index contributed by atoms with van der Waals surface area (Å²) < 4.78 is 34.7. The molecule has 0 saturated heterocycles. The van der Waals surface area contributed by atoms with Gasteiger partial charge in [-0.25, -0.2) is 4.79 Å². The number of carboxylic acid groups (broad SMARTS) is 1. The van der Waals surface area contributed by atoms with Crippen LogP contribution in [0, 0.1) is 0 Å². The number of nitrogens with one attached hydrogen (secondary N) is 1. The summed E-state index contributed by atoms with van der Waals surface area (Å²) in [6.45, 7) is 2.68. The highest BCUT2D eigenvalue weighted by Crippen LogP contribution is 2.13. The lowest BCUT2D eigenvalue weighted by Crippen LogP contribution is -2.37. The molecule has 0 aromatic heterocycles. The fourth-order valence-corrected chi connectivity index (χ4v) is 0.534. The number of carbonyl (C=O) groups is 2. The Morgan fingerprint density at radius 1 is 1.36 bits per heavy atom. The first-order valence-corrected chi connectivity index (χ1v) is 3.51. The van der Waals surface area contributed by atoms with Crippen LogP contribution in [0.2, 0.25) is 0 Å². The SMILES string of the molecule is C=C(CCNC(=O)C(F)(F)F)C(=O)O. The first kappa shape index (κ1) is 12.5. The highest BCUT2D eigenvalue weighted by Gasteiger charge is 2.38. The Balaban J connectivity index is 3.82. The Kier molecular flexibility index (Phi) is 4.13. The molecule has 7 heteroatoms. The van der Waals surface area contributed by atoms with Crippen LogP contribution in [-0.2, 0) is 9.59 Å². The van der Waals surface area contributed by atoms with E-state index in [1.165, 1.54) is 5.32 Å². The molecule has 0 aromatic carbocycles. The van der Waals surface area contributed by atoms with Gasteiger partial charge in [-0.05, 0) is 6.42 Å². The van der Waals surface area contributed by atoms with E-state index in [-0.39, 0.29) is 12.0 Å². The molecule has 0 aliphatic rings. The van der Waals surface area contributed by atoms with E-state index in [0.29, 0.717) is 0 Å². The predicted molar refractivity (Wildman–Crippen MR) is 40.5 cm³/mol. The van der Waals surface area contributed by atoms with Crippen molar-refractivity contribution < 1.29 is 27.9 Å². The second-order valence-corrected chi connectivity index (χ2v) is 2.41. The molecule has 0 atom stereocenters. The van der Waals surface area contributed by atoms with Gasteiger partial charge in [0, 0.05) is 12.1 Å². The van der Waals surface area contributed by atoms with Crippen LogP contribution in [0.5, 0.6) is 0 Å². The number of amides is 1. The van der Waals surface area contributed by atoms with Crippen molar-refractivity contribution >= 4 is 11.9 Å². The van der Waals surface area contributed by atoms with Gasteiger partial charge >= 0.3 is 18.1 Å². The summed E-state index contributed by atoms with van der Waals surface area (Å²) in [6.07, 6.45) is -5.16. The smallest absolute Gasteiger partial charge is 0.471 e. The van der Waals surface area contributed by atoms with E-state index >= 15 is 0 Å². The van der Waals surface area contributed by atoms with Crippen LogP contribution in [0.15, 0.2) is 12.2 Å². The normalized spacial score (nSPS) is 10.8. The van der Waals surface area contributed by atoms with Crippen molar-refractivity contribution in [3.8, 4) is 0 Å². The quantitative estimate of drug-likeness (QED) is 0.672. The summed E-state index contributed by atoms with van der Waals surface area (Å²) in [5.41, 5.74) is -0.257. The Morgan fingerprint density at radius 3 is 2.21 bits per heavy atom. The Hall–Kier alpha value is -1.53. The van der Waals surface area contributed by atoms with Gasteiger partial charge in [0.2, 0.25) is 0 Å². The maximum atomic E-state index is 11.6. The maximum Gasteiger partial charge on any atom is 0.471 e. The number of aliphatic carboxylic acids is 1. The zero-order valence-corrected chi connectivity index (χ0v) is 7.02. The summed E-state index contributed by atoms with van der Waals surface area (Å²) in [6, 6.07) is 0. The van der Waals surface area contributed by atoms with Crippen LogP contribution < -0.4 is 5.32 Å². The summed E-state index contributed by atoms with van der Waals surface area (Å²) in [7, 11) is 0. The summed E-state index contributed by atoms with van der Waals surface area (Å²) >= 11 is 0. The van der Waals surface area contributed by atoms with Crippen molar-refractivity contribution in [1.82, 2.24) is 5.32 Å². The maximum absolute atomic E-state index is 11.6. The van der Waals surface area contributed by atoms with Crippen molar-refractivity contribution in [2.24, 2.45) is 0 Å². The fraction of sp³-hybridized carbons (Fsp3) is 0.429. The summed E-state index contributed by atoms with van der Waals surface area (Å²) in [5.74, 6) is -3.39. The zero-order chi connectivity index (χ0) is 11.4. The molecule has 0 rings (SSSR count). The van der Waals surface area contributed by atoms with E-state index in [1.807, 2.05) is 0 Å². The first-order valence-electron chi connectivity index (χ1n) is 3.51. The van der Waals surface area contributed by atoms with E-state index in [2.05, 4.69) is 6.58 Å². The third kappa shape index (κ3) is 4.48. The van der Waals surface area contributed by atoms with Crippen molar-refractivity contribution in [2.45, 2.75) is 12.6 Å². The van der Waals surface area contributed by atoms with Crippen molar-refractivity contribution in [3.63, 3.8) is 0 Å². The molecule has 0 unspecified atom stereocenters. The van der Waals surface area contributed by atoms with Gasteiger partial charge in [-0.15, -0.1) is 0 Å². The van der Waals surface area contributed by atoms with E-state index in [9.17, 15) is 22.8 Å². The predicted octanol–water partition coefficient (Wildman–Crippen LogP) is 0.696. The molecule has 0 saturated carbocycles. The molecule has 80 valence electrons. The molecule has 0 heterocycles. The Morgan fingerprint density at radius 2 is 1.86 bits per heavy atom. The molecule has 2 N–H and O–H groups in total. The highest BCUT2D eigenvalue weighted by atomic mass is 19.4. The average Bonchev–Trinajstić information content (AvgIpc) is 2.01. The zero-order valence-electron chi connectivity index (χ0n) is 7.02. The molecule has 0 radical (unpaired) electrons. The number of carbonyl (C=O) groups excluding carboxylic acids is 1. The van der Waals surface area contributed by atoms with Crippen LogP contribution in [-0.4, -0.2) is 29.7 Å². The third-order valence-electron chi connectivity index (χ3n) is 1.27. The number of alkyl halides is 3. The van der Waals surface area contributed by atoms with Gasteiger partial charge < -0.3 is 10.4 Å². The lowest BCUT2D eigenvalue weighted by Gasteiger charge is -2.07.